The minimum Gasteiger partial charge on any atom is -0.346 e. The van der Waals surface area contributed by atoms with Crippen molar-refractivity contribution in [1.82, 2.24) is 10.3 Å². The van der Waals surface area contributed by atoms with Gasteiger partial charge >= 0.3 is 0 Å². The van der Waals surface area contributed by atoms with E-state index < -0.39 is 0 Å². The molecule has 3 aromatic rings. The molecule has 1 amide bonds. The summed E-state index contributed by atoms with van der Waals surface area (Å²) in [7, 11) is 1.97. The summed E-state index contributed by atoms with van der Waals surface area (Å²) in [6.45, 7) is 6.25. The van der Waals surface area contributed by atoms with Crippen LogP contribution in [0.15, 0.2) is 79.3 Å². The summed E-state index contributed by atoms with van der Waals surface area (Å²) in [5.41, 5.74) is 6.90. The Morgan fingerprint density at radius 1 is 1.11 bits per heavy atom. The molecule has 4 rings (SSSR count). The monoisotopic (exact) mass is 369 g/mol. The number of benzene rings is 2. The van der Waals surface area contributed by atoms with E-state index in [1.807, 2.05) is 55.4 Å². The van der Waals surface area contributed by atoms with Crippen molar-refractivity contribution in [3.8, 4) is 11.1 Å². The Morgan fingerprint density at radius 3 is 2.61 bits per heavy atom. The van der Waals surface area contributed by atoms with Gasteiger partial charge in [0.1, 0.15) is 0 Å². The van der Waals surface area contributed by atoms with Gasteiger partial charge in [-0.25, -0.2) is 0 Å². The van der Waals surface area contributed by atoms with Gasteiger partial charge in [0, 0.05) is 25.1 Å². The van der Waals surface area contributed by atoms with Crippen molar-refractivity contribution in [2.24, 2.45) is 0 Å². The maximum Gasteiger partial charge on any atom is 0.253 e. The number of aryl methyl sites for hydroxylation is 1. The van der Waals surface area contributed by atoms with Crippen molar-refractivity contribution < 1.29 is 4.79 Å². The van der Waals surface area contributed by atoms with Gasteiger partial charge in [0.25, 0.3) is 5.91 Å². The molecule has 0 bridgehead atoms. The molecule has 1 unspecified atom stereocenters. The molecule has 28 heavy (non-hydrogen) atoms. The highest BCUT2D eigenvalue weighted by Crippen LogP contribution is 2.29. The molecule has 1 aliphatic heterocycles. The lowest BCUT2D eigenvalue weighted by Crippen LogP contribution is -2.38. The Labute approximate surface area is 165 Å². The van der Waals surface area contributed by atoms with Gasteiger partial charge in [-0.3, -0.25) is 9.78 Å². The predicted octanol–water partition coefficient (Wildman–Crippen LogP) is 4.36. The predicted molar refractivity (Wildman–Crippen MR) is 113 cm³/mol. The highest BCUT2D eigenvalue weighted by atomic mass is 16.1. The number of rotatable bonds is 3. The second-order valence-corrected chi connectivity index (χ2v) is 7.24. The number of fused-ring (bicyclic) bond motifs is 1. The van der Waals surface area contributed by atoms with Crippen molar-refractivity contribution in [2.45, 2.75) is 19.4 Å². The molecule has 1 atom stereocenters. The highest BCUT2D eigenvalue weighted by molar-refractivity contribution is 6.01. The normalized spacial score (nSPS) is 16.4. The first kappa shape index (κ1) is 18.0. The lowest BCUT2D eigenvalue weighted by molar-refractivity contribution is 0.0945. The van der Waals surface area contributed by atoms with Gasteiger partial charge < -0.3 is 10.2 Å². The number of anilines is 1. The van der Waals surface area contributed by atoms with E-state index in [1.165, 1.54) is 0 Å². The van der Waals surface area contributed by atoms with Crippen molar-refractivity contribution in [3.05, 3.63) is 96.0 Å². The van der Waals surface area contributed by atoms with E-state index in [1.54, 1.807) is 6.20 Å². The number of amides is 1. The molecule has 4 nitrogen and oxygen atoms in total. The van der Waals surface area contributed by atoms with Crippen LogP contribution in [-0.2, 0) is 6.42 Å². The zero-order chi connectivity index (χ0) is 19.7. The fourth-order valence-corrected chi connectivity index (χ4v) is 3.60. The molecule has 0 radical (unpaired) electrons. The van der Waals surface area contributed by atoms with Crippen LogP contribution in [0.5, 0.6) is 0 Å². The molecule has 0 saturated carbocycles. The third-order valence-electron chi connectivity index (χ3n) is 5.29. The van der Waals surface area contributed by atoms with Gasteiger partial charge in [0.05, 0.1) is 17.3 Å². The van der Waals surface area contributed by atoms with Crippen molar-refractivity contribution in [2.75, 3.05) is 11.9 Å². The average Bonchev–Trinajstić information content (AvgIpc) is 2.80. The van der Waals surface area contributed by atoms with E-state index in [9.17, 15) is 4.79 Å². The Morgan fingerprint density at radius 2 is 1.89 bits per heavy atom. The molecule has 140 valence electrons. The van der Waals surface area contributed by atoms with E-state index in [2.05, 4.69) is 41.1 Å². The first-order valence-corrected chi connectivity index (χ1v) is 9.36. The third kappa shape index (κ3) is 3.41. The van der Waals surface area contributed by atoms with E-state index in [4.69, 9.17) is 0 Å². The second-order valence-electron chi connectivity index (χ2n) is 7.24. The summed E-state index contributed by atoms with van der Waals surface area (Å²) in [5, 5.41) is 3.15. The molecule has 1 aliphatic rings. The van der Waals surface area contributed by atoms with Crippen LogP contribution in [0.1, 0.15) is 21.5 Å². The lowest BCUT2D eigenvalue weighted by atomic mass is 10.00. The Bertz CT molecular complexity index is 1030. The van der Waals surface area contributed by atoms with Crippen LogP contribution in [-0.4, -0.2) is 24.0 Å². The molecule has 4 heteroatoms. The number of pyridine rings is 1. The molecule has 0 spiro atoms. The Kier molecular flexibility index (Phi) is 4.70. The van der Waals surface area contributed by atoms with E-state index in [0.717, 1.165) is 33.6 Å². The standard InChI is InChI=1S/C24H23N3O/c1-16-6-11-23-21(13-16)24(28)26-22(17(2)27(23)3)14-18-7-9-19(10-8-18)20-5-4-12-25-15-20/h4-13,15,22H,2,14H2,1,3H3,(H,26,28). The summed E-state index contributed by atoms with van der Waals surface area (Å²) in [6.07, 6.45) is 4.32. The average molecular weight is 369 g/mol. The molecule has 0 saturated heterocycles. The zero-order valence-corrected chi connectivity index (χ0v) is 16.1. The lowest BCUT2D eigenvalue weighted by Gasteiger charge is -2.26. The minimum atomic E-state index is -0.158. The maximum absolute atomic E-state index is 12.8. The maximum atomic E-state index is 12.8. The Hall–Kier alpha value is -3.40. The van der Waals surface area contributed by atoms with E-state index in [-0.39, 0.29) is 11.9 Å². The van der Waals surface area contributed by atoms with Crippen LogP contribution >= 0.6 is 0 Å². The molecular formula is C24H23N3O. The number of likely N-dealkylation sites (N-methyl/N-ethyl adjacent to an activating group) is 1. The minimum absolute atomic E-state index is 0.0545. The van der Waals surface area contributed by atoms with E-state index >= 15 is 0 Å². The second kappa shape index (κ2) is 7.31. The number of carbonyl (C=O) groups is 1. The van der Waals surface area contributed by atoms with Gasteiger partial charge in [0.2, 0.25) is 0 Å². The first-order valence-electron chi connectivity index (χ1n) is 9.36. The summed E-state index contributed by atoms with van der Waals surface area (Å²) in [4.78, 5) is 19.0. The number of hydrogen-bond acceptors (Lipinski definition) is 3. The van der Waals surface area contributed by atoms with E-state index in [0.29, 0.717) is 12.0 Å². The summed E-state index contributed by atoms with van der Waals surface area (Å²) in [5.74, 6) is -0.0545. The SMILES string of the molecule is C=C1C(Cc2ccc(-c3cccnc3)cc2)NC(=O)c2cc(C)ccc2N1C. The number of aromatic nitrogens is 1. The summed E-state index contributed by atoms with van der Waals surface area (Å²) in [6, 6.07) is 18.1. The number of carbonyl (C=O) groups excluding carboxylic acids is 1. The number of hydrogen-bond donors (Lipinski definition) is 1. The van der Waals surface area contributed by atoms with Crippen LogP contribution in [0.3, 0.4) is 0 Å². The van der Waals surface area contributed by atoms with Crippen LogP contribution in [0.4, 0.5) is 5.69 Å². The van der Waals surface area contributed by atoms with Crippen LogP contribution < -0.4 is 10.2 Å². The highest BCUT2D eigenvalue weighted by Gasteiger charge is 2.27. The summed E-state index contributed by atoms with van der Waals surface area (Å²) < 4.78 is 0. The largest absolute Gasteiger partial charge is 0.346 e. The third-order valence-corrected chi connectivity index (χ3v) is 5.29. The van der Waals surface area contributed by atoms with Crippen molar-refractivity contribution in [3.63, 3.8) is 0 Å². The van der Waals surface area contributed by atoms with Gasteiger partial charge in [0.15, 0.2) is 0 Å². The van der Waals surface area contributed by atoms with Gasteiger partial charge in [-0.2, -0.15) is 0 Å². The molecular weight excluding hydrogens is 346 g/mol. The molecule has 1 N–H and O–H groups in total. The van der Waals surface area contributed by atoms with Crippen LogP contribution in [0.25, 0.3) is 11.1 Å². The van der Waals surface area contributed by atoms with Crippen molar-refractivity contribution in [1.29, 1.82) is 0 Å². The van der Waals surface area contributed by atoms with Gasteiger partial charge in [-0.1, -0.05) is 48.5 Å². The fourth-order valence-electron chi connectivity index (χ4n) is 3.60. The fraction of sp³-hybridized carbons (Fsp3) is 0.167. The topological polar surface area (TPSA) is 45.2 Å². The number of nitrogens with zero attached hydrogens (tertiary/aromatic N) is 2. The quantitative estimate of drug-likeness (QED) is 0.746. The molecule has 0 aliphatic carbocycles. The molecule has 0 fully saturated rings. The molecule has 2 aromatic carbocycles. The molecule has 1 aromatic heterocycles. The van der Waals surface area contributed by atoms with Gasteiger partial charge in [-0.15, -0.1) is 0 Å². The van der Waals surface area contributed by atoms with Crippen LogP contribution in [0, 0.1) is 6.92 Å². The Balaban J connectivity index is 1.57. The molecule has 2 heterocycles. The van der Waals surface area contributed by atoms with Crippen LogP contribution in [0.2, 0.25) is 0 Å². The smallest absolute Gasteiger partial charge is 0.253 e. The zero-order valence-electron chi connectivity index (χ0n) is 16.1. The number of nitrogens with one attached hydrogen (secondary N) is 1. The van der Waals surface area contributed by atoms with Crippen molar-refractivity contribution >= 4 is 11.6 Å². The summed E-state index contributed by atoms with van der Waals surface area (Å²) >= 11 is 0. The van der Waals surface area contributed by atoms with Gasteiger partial charge in [-0.05, 0) is 48.2 Å². The first-order chi connectivity index (χ1) is 13.5.